The van der Waals surface area contributed by atoms with Gasteiger partial charge in [-0.3, -0.25) is 9.89 Å². The van der Waals surface area contributed by atoms with Gasteiger partial charge in [0.25, 0.3) is 5.91 Å². The van der Waals surface area contributed by atoms with Crippen molar-refractivity contribution in [2.75, 3.05) is 25.5 Å². The molecule has 0 bridgehead atoms. The molecule has 170 valence electrons. The fourth-order valence-electron chi connectivity index (χ4n) is 3.71. The Hall–Kier alpha value is -3.98. The normalized spacial score (nSPS) is 11.0. The summed E-state index contributed by atoms with van der Waals surface area (Å²) < 4.78 is 19.5. The Morgan fingerprint density at radius 2 is 2.09 bits per heavy atom. The number of carbonyl (C=O) groups excluding carboxylic acids is 1. The number of fused-ring (bicyclic) bond motifs is 1. The summed E-state index contributed by atoms with van der Waals surface area (Å²) in [6.45, 7) is 2.33. The Morgan fingerprint density at radius 3 is 2.85 bits per heavy atom. The molecule has 0 aliphatic heterocycles. The third-order valence-corrected chi connectivity index (χ3v) is 5.28. The van der Waals surface area contributed by atoms with E-state index < -0.39 is 0 Å². The van der Waals surface area contributed by atoms with Gasteiger partial charge >= 0.3 is 0 Å². The molecule has 9 heteroatoms. The van der Waals surface area contributed by atoms with Crippen molar-refractivity contribution >= 4 is 22.6 Å². The molecule has 2 aromatic heterocycles. The highest BCUT2D eigenvalue weighted by Crippen LogP contribution is 2.32. The summed E-state index contributed by atoms with van der Waals surface area (Å²) in [6, 6.07) is 11.2. The molecule has 0 aliphatic rings. The van der Waals surface area contributed by atoms with Crippen LogP contribution in [0.15, 0.2) is 54.9 Å². The smallest absolute Gasteiger partial charge is 0.254 e. The van der Waals surface area contributed by atoms with Crippen LogP contribution in [0.25, 0.3) is 22.0 Å². The molecule has 4 N–H and O–H groups in total. The number of nitrogens with one attached hydrogen (secondary N) is 1. The van der Waals surface area contributed by atoms with Gasteiger partial charge in [-0.25, -0.2) is 9.37 Å². The second kappa shape index (κ2) is 9.66. The Kier molecular flexibility index (Phi) is 6.50. The molecule has 0 unspecified atom stereocenters. The molecular formula is C24H24FN5O3. The predicted molar refractivity (Wildman–Crippen MR) is 123 cm³/mol. The highest BCUT2D eigenvalue weighted by Gasteiger charge is 2.20. The number of halogens is 1. The molecule has 4 rings (SSSR count). The number of benzene rings is 2. The maximum absolute atomic E-state index is 13.7. The number of nitrogens with zero attached hydrogens (tertiary/aromatic N) is 3. The summed E-state index contributed by atoms with van der Waals surface area (Å²) in [4.78, 5) is 19.1. The molecule has 0 fully saturated rings. The minimum atomic E-state index is -0.355. The lowest BCUT2D eigenvalue weighted by molar-refractivity contribution is 0.0708. The zero-order chi connectivity index (χ0) is 23.4. The number of ether oxygens (including phenoxy) is 1. The average Bonchev–Trinajstić information content (AvgIpc) is 3.31. The maximum atomic E-state index is 13.7. The number of H-pyrrole nitrogens is 1. The molecular weight excluding hydrogens is 425 g/mol. The van der Waals surface area contributed by atoms with Crippen LogP contribution in [0.1, 0.15) is 22.8 Å². The van der Waals surface area contributed by atoms with Crippen molar-refractivity contribution in [1.82, 2.24) is 20.1 Å². The fraction of sp³-hybridized carbons (Fsp3) is 0.208. The van der Waals surface area contributed by atoms with Crippen LogP contribution in [0.3, 0.4) is 0 Å². The van der Waals surface area contributed by atoms with Gasteiger partial charge in [0, 0.05) is 36.0 Å². The summed E-state index contributed by atoms with van der Waals surface area (Å²) in [7, 11) is 0. The number of carbonyl (C=O) groups is 1. The first-order valence-electron chi connectivity index (χ1n) is 10.5. The van der Waals surface area contributed by atoms with Crippen LogP contribution in [0, 0.1) is 5.82 Å². The zero-order valence-electron chi connectivity index (χ0n) is 18.1. The van der Waals surface area contributed by atoms with Gasteiger partial charge in [0.2, 0.25) is 0 Å². The molecule has 0 saturated carbocycles. The van der Waals surface area contributed by atoms with E-state index in [4.69, 9.17) is 10.5 Å². The average molecular weight is 449 g/mol. The number of rotatable bonds is 8. The minimum absolute atomic E-state index is 0.120. The summed E-state index contributed by atoms with van der Waals surface area (Å²) in [6.07, 6.45) is 3.17. The summed E-state index contributed by atoms with van der Waals surface area (Å²) in [5.41, 5.74) is 9.03. The highest BCUT2D eigenvalue weighted by atomic mass is 19.1. The van der Waals surface area contributed by atoms with Crippen LogP contribution in [0.5, 0.6) is 5.75 Å². The molecule has 0 aliphatic carbocycles. The van der Waals surface area contributed by atoms with E-state index in [0.717, 1.165) is 5.56 Å². The Labute approximate surface area is 189 Å². The van der Waals surface area contributed by atoms with Crippen molar-refractivity contribution in [2.24, 2.45) is 0 Å². The van der Waals surface area contributed by atoms with Gasteiger partial charge in [-0.1, -0.05) is 12.1 Å². The lowest BCUT2D eigenvalue weighted by Gasteiger charge is -2.23. The third-order valence-electron chi connectivity index (χ3n) is 5.28. The largest absolute Gasteiger partial charge is 0.493 e. The standard InChI is InChI=1S/C24H24FN5O3/c1-2-33-21-11-16(6-7-19(21)15-4-3-5-18(25)10-15)24(32)30(8-9-31)14-17-12-27-23(26)20-13-28-29-22(17)20/h3-7,10-13,31H,2,8-9,14H2,1H3,(H2,26,27)(H,28,29). The predicted octanol–water partition coefficient (Wildman–Crippen LogP) is 3.38. The van der Waals surface area contributed by atoms with Gasteiger partial charge in [-0.15, -0.1) is 0 Å². The highest BCUT2D eigenvalue weighted by molar-refractivity contribution is 5.96. The van der Waals surface area contributed by atoms with Crippen LogP contribution in [0.2, 0.25) is 0 Å². The maximum Gasteiger partial charge on any atom is 0.254 e. The lowest BCUT2D eigenvalue weighted by atomic mass is 10.0. The molecule has 33 heavy (non-hydrogen) atoms. The Balaban J connectivity index is 1.67. The number of hydrogen-bond acceptors (Lipinski definition) is 6. The summed E-state index contributed by atoms with van der Waals surface area (Å²) in [5.74, 6) is 0.173. The minimum Gasteiger partial charge on any atom is -0.493 e. The van der Waals surface area contributed by atoms with Crippen molar-refractivity contribution in [3.8, 4) is 16.9 Å². The van der Waals surface area contributed by atoms with Crippen LogP contribution in [-0.2, 0) is 6.54 Å². The molecule has 0 saturated heterocycles. The first kappa shape index (κ1) is 22.2. The van der Waals surface area contributed by atoms with E-state index in [-0.39, 0.29) is 31.4 Å². The first-order chi connectivity index (χ1) is 16.0. The van der Waals surface area contributed by atoms with Crippen molar-refractivity contribution in [3.05, 3.63) is 71.8 Å². The zero-order valence-corrected chi connectivity index (χ0v) is 18.1. The van der Waals surface area contributed by atoms with E-state index in [1.165, 1.54) is 17.0 Å². The van der Waals surface area contributed by atoms with Gasteiger partial charge in [-0.05, 0) is 42.8 Å². The molecule has 0 radical (unpaired) electrons. The van der Waals surface area contributed by atoms with Gasteiger partial charge in [0.05, 0.1) is 30.3 Å². The Morgan fingerprint density at radius 1 is 1.24 bits per heavy atom. The lowest BCUT2D eigenvalue weighted by Crippen LogP contribution is -2.33. The van der Waals surface area contributed by atoms with E-state index in [0.29, 0.717) is 45.8 Å². The molecule has 1 amide bonds. The van der Waals surface area contributed by atoms with Gasteiger partial charge in [-0.2, -0.15) is 5.10 Å². The quantitative estimate of drug-likeness (QED) is 0.380. The second-order valence-corrected chi connectivity index (χ2v) is 7.43. The molecule has 2 aromatic carbocycles. The van der Waals surface area contributed by atoms with Crippen LogP contribution in [-0.4, -0.2) is 50.9 Å². The number of pyridine rings is 1. The van der Waals surface area contributed by atoms with E-state index in [2.05, 4.69) is 15.2 Å². The fourth-order valence-corrected chi connectivity index (χ4v) is 3.71. The van der Waals surface area contributed by atoms with Gasteiger partial charge in [0.15, 0.2) is 0 Å². The monoisotopic (exact) mass is 449 g/mol. The van der Waals surface area contributed by atoms with Gasteiger partial charge < -0.3 is 20.5 Å². The number of amides is 1. The van der Waals surface area contributed by atoms with Crippen molar-refractivity contribution in [2.45, 2.75) is 13.5 Å². The van der Waals surface area contributed by atoms with E-state index in [1.807, 2.05) is 6.92 Å². The third kappa shape index (κ3) is 4.63. The molecule has 8 nitrogen and oxygen atoms in total. The molecule has 0 spiro atoms. The number of hydrogen-bond donors (Lipinski definition) is 3. The second-order valence-electron chi connectivity index (χ2n) is 7.43. The number of aromatic nitrogens is 3. The topological polar surface area (TPSA) is 117 Å². The molecule has 2 heterocycles. The van der Waals surface area contributed by atoms with E-state index in [9.17, 15) is 14.3 Å². The van der Waals surface area contributed by atoms with Gasteiger partial charge in [0.1, 0.15) is 17.4 Å². The van der Waals surface area contributed by atoms with Crippen LogP contribution < -0.4 is 10.5 Å². The van der Waals surface area contributed by atoms with E-state index >= 15 is 0 Å². The molecule has 0 atom stereocenters. The van der Waals surface area contributed by atoms with Crippen molar-refractivity contribution in [1.29, 1.82) is 0 Å². The number of nitrogen functional groups attached to an aromatic ring is 1. The Bertz CT molecular complexity index is 1290. The summed E-state index contributed by atoms with van der Waals surface area (Å²) in [5, 5.41) is 17.1. The van der Waals surface area contributed by atoms with E-state index in [1.54, 1.807) is 42.7 Å². The number of aromatic amines is 1. The summed E-state index contributed by atoms with van der Waals surface area (Å²) >= 11 is 0. The SMILES string of the molecule is CCOc1cc(C(=O)N(CCO)Cc2cnc(N)c3cn[nH]c23)ccc1-c1cccc(F)c1. The van der Waals surface area contributed by atoms with Crippen molar-refractivity contribution < 1.29 is 19.0 Å². The number of nitrogens with two attached hydrogens (primary N) is 1. The van der Waals surface area contributed by atoms with Crippen molar-refractivity contribution in [3.63, 3.8) is 0 Å². The van der Waals surface area contributed by atoms with Crippen LogP contribution in [0.4, 0.5) is 10.2 Å². The first-order valence-corrected chi connectivity index (χ1v) is 10.5. The number of aliphatic hydroxyl groups excluding tert-OH is 1. The number of aliphatic hydroxyl groups is 1. The van der Waals surface area contributed by atoms with Crippen LogP contribution >= 0.6 is 0 Å². The number of anilines is 1. The molecule has 4 aromatic rings.